The maximum absolute atomic E-state index is 12.7. The fourth-order valence-corrected chi connectivity index (χ4v) is 6.84. The summed E-state index contributed by atoms with van der Waals surface area (Å²) >= 11 is 0. The fourth-order valence-electron chi connectivity index (χ4n) is 6.84. The molecule has 0 bridgehead atoms. The SMILES string of the molecule is CC/C=C\C/C=C\C/C=C\C/C=C\CCC(=O)OC(COC(=O)CCCCCCCCCCCCCCC/C=C\CCCCCCCCCC)COC(OCC[N+](C)(C)C)C(=O)[O-]. The average molecular weight is 886 g/mol. The Kier molecular flexibility index (Phi) is 43.4. The van der Waals surface area contributed by atoms with Gasteiger partial charge in [-0.1, -0.05) is 190 Å². The number of rotatable bonds is 46. The number of hydrogen-bond donors (Lipinski definition) is 0. The maximum Gasteiger partial charge on any atom is 0.306 e. The monoisotopic (exact) mass is 886 g/mol. The van der Waals surface area contributed by atoms with Gasteiger partial charge in [-0.3, -0.25) is 9.59 Å². The smallest absolute Gasteiger partial charge is 0.306 e. The summed E-state index contributed by atoms with van der Waals surface area (Å²) in [5.74, 6) is -2.39. The Morgan fingerprint density at radius 1 is 0.492 bits per heavy atom. The number of unbranched alkanes of at least 4 members (excludes halogenated alkanes) is 21. The molecule has 0 aromatic carbocycles. The zero-order chi connectivity index (χ0) is 46.3. The van der Waals surface area contributed by atoms with Crippen LogP contribution >= 0.6 is 0 Å². The lowest BCUT2D eigenvalue weighted by molar-refractivity contribution is -0.870. The van der Waals surface area contributed by atoms with E-state index in [9.17, 15) is 19.5 Å². The van der Waals surface area contributed by atoms with E-state index in [0.717, 1.165) is 44.9 Å². The van der Waals surface area contributed by atoms with Crippen LogP contribution in [0.1, 0.15) is 206 Å². The Morgan fingerprint density at radius 3 is 1.41 bits per heavy atom. The quantitative estimate of drug-likeness (QED) is 0.0195. The summed E-state index contributed by atoms with van der Waals surface area (Å²) in [5.41, 5.74) is 0. The van der Waals surface area contributed by atoms with Gasteiger partial charge in [-0.2, -0.15) is 0 Å². The van der Waals surface area contributed by atoms with Crippen molar-refractivity contribution in [2.45, 2.75) is 219 Å². The number of carboxylic acids is 1. The number of carbonyl (C=O) groups excluding carboxylic acids is 3. The lowest BCUT2D eigenvalue weighted by atomic mass is 10.0. The molecule has 0 spiro atoms. The Hall–Kier alpha value is -3.01. The van der Waals surface area contributed by atoms with Crippen molar-refractivity contribution in [1.29, 1.82) is 0 Å². The molecular weight excluding hydrogens is 791 g/mol. The second kappa shape index (κ2) is 45.6. The number of hydrogen-bond acceptors (Lipinski definition) is 8. The van der Waals surface area contributed by atoms with E-state index in [1.165, 1.54) is 128 Å². The number of likely N-dealkylation sites (N-methyl/N-ethyl adjacent to an activating group) is 1. The number of esters is 2. The second-order valence-corrected chi connectivity index (χ2v) is 18.1. The Bertz CT molecular complexity index is 1220. The Balaban J connectivity index is 4.28. The van der Waals surface area contributed by atoms with Gasteiger partial charge in [0.1, 0.15) is 13.2 Å². The number of nitrogens with zero attached hydrogens (tertiary/aromatic N) is 1. The molecule has 0 aliphatic rings. The number of allylic oxidation sites excluding steroid dienone is 10. The largest absolute Gasteiger partial charge is 0.545 e. The third-order valence-electron chi connectivity index (χ3n) is 10.8. The van der Waals surface area contributed by atoms with Crippen molar-refractivity contribution in [2.75, 3.05) is 47.5 Å². The van der Waals surface area contributed by atoms with Gasteiger partial charge in [0.15, 0.2) is 12.4 Å². The summed E-state index contributed by atoms with van der Waals surface area (Å²) in [6.45, 7) is 4.54. The molecule has 0 aliphatic heterocycles. The van der Waals surface area contributed by atoms with Crippen molar-refractivity contribution >= 4 is 17.9 Å². The van der Waals surface area contributed by atoms with Crippen LogP contribution in [-0.2, 0) is 33.3 Å². The standard InChI is InChI=1S/C54H95NO8/c1-6-8-10-12-14-16-18-20-21-22-23-24-25-26-27-28-29-30-31-33-34-36-38-40-42-44-51(56)61-48-50(49-62-54(53(58)59)60-47-46-55(3,4)5)63-52(57)45-43-41-39-37-35-32-19-17-15-13-11-9-7-2/h9,11,15,17,22-23,32,35,39,41,50,54H,6-8,10,12-14,16,18-21,24-31,33-34,36-38,40,42-49H2,1-5H3/b11-9-,17-15-,23-22-,35-32-,41-39-. The first-order valence-electron chi connectivity index (χ1n) is 25.4. The summed E-state index contributed by atoms with van der Waals surface area (Å²) in [6, 6.07) is 0. The van der Waals surface area contributed by atoms with Crippen LogP contribution in [0.25, 0.3) is 0 Å². The molecule has 2 unspecified atom stereocenters. The van der Waals surface area contributed by atoms with Crippen molar-refractivity contribution in [2.24, 2.45) is 0 Å². The van der Waals surface area contributed by atoms with E-state index in [2.05, 4.69) is 62.5 Å². The van der Waals surface area contributed by atoms with Crippen molar-refractivity contribution < 1.29 is 42.9 Å². The Morgan fingerprint density at radius 2 is 0.937 bits per heavy atom. The van der Waals surface area contributed by atoms with Crippen LogP contribution in [0.15, 0.2) is 60.8 Å². The van der Waals surface area contributed by atoms with E-state index in [4.69, 9.17) is 18.9 Å². The molecule has 0 N–H and O–H groups in total. The van der Waals surface area contributed by atoms with Gasteiger partial charge in [-0.15, -0.1) is 0 Å². The van der Waals surface area contributed by atoms with Crippen molar-refractivity contribution in [3.63, 3.8) is 0 Å². The van der Waals surface area contributed by atoms with Crippen molar-refractivity contribution in [1.82, 2.24) is 0 Å². The molecular formula is C54H95NO8. The highest BCUT2D eigenvalue weighted by Crippen LogP contribution is 2.15. The zero-order valence-corrected chi connectivity index (χ0v) is 41.2. The van der Waals surface area contributed by atoms with E-state index in [1.54, 1.807) is 0 Å². The molecule has 0 amide bonds. The van der Waals surface area contributed by atoms with Crippen LogP contribution < -0.4 is 5.11 Å². The molecule has 0 aliphatic carbocycles. The summed E-state index contributed by atoms with van der Waals surface area (Å²) in [5, 5.41) is 11.7. The minimum atomic E-state index is -1.64. The molecule has 364 valence electrons. The van der Waals surface area contributed by atoms with Gasteiger partial charge in [0.2, 0.25) is 0 Å². The highest BCUT2D eigenvalue weighted by atomic mass is 16.7. The summed E-state index contributed by atoms with van der Waals surface area (Å²) in [6.07, 6.45) is 52.9. The number of carboxylic acid groups (broad SMARTS) is 1. The molecule has 0 fully saturated rings. The van der Waals surface area contributed by atoms with E-state index < -0.39 is 24.3 Å². The summed E-state index contributed by atoms with van der Waals surface area (Å²) < 4.78 is 22.5. The molecule has 0 radical (unpaired) electrons. The zero-order valence-electron chi connectivity index (χ0n) is 41.2. The highest BCUT2D eigenvalue weighted by molar-refractivity contribution is 5.70. The molecule has 0 saturated heterocycles. The Labute approximate surface area is 386 Å². The molecule has 0 aromatic heterocycles. The van der Waals surface area contributed by atoms with Crippen molar-refractivity contribution in [3.05, 3.63) is 60.8 Å². The lowest BCUT2D eigenvalue weighted by Gasteiger charge is -2.26. The molecule has 9 heteroatoms. The normalized spacial score (nSPS) is 13.3. The van der Waals surface area contributed by atoms with E-state index in [0.29, 0.717) is 17.4 Å². The molecule has 0 heterocycles. The predicted molar refractivity (Wildman–Crippen MR) is 260 cm³/mol. The van der Waals surface area contributed by atoms with Gasteiger partial charge < -0.3 is 33.3 Å². The van der Waals surface area contributed by atoms with Gasteiger partial charge in [-0.05, 0) is 64.2 Å². The van der Waals surface area contributed by atoms with Crippen LogP contribution in [0.3, 0.4) is 0 Å². The predicted octanol–water partition coefficient (Wildman–Crippen LogP) is 12.8. The van der Waals surface area contributed by atoms with Crippen molar-refractivity contribution in [3.8, 4) is 0 Å². The van der Waals surface area contributed by atoms with Gasteiger partial charge in [0.25, 0.3) is 0 Å². The lowest BCUT2D eigenvalue weighted by Crippen LogP contribution is -2.44. The van der Waals surface area contributed by atoms with Crippen LogP contribution in [0.5, 0.6) is 0 Å². The first-order chi connectivity index (χ1) is 30.6. The summed E-state index contributed by atoms with van der Waals surface area (Å²) in [4.78, 5) is 37.0. The summed E-state index contributed by atoms with van der Waals surface area (Å²) in [7, 11) is 5.89. The molecule has 0 aromatic rings. The minimum Gasteiger partial charge on any atom is -0.545 e. The second-order valence-electron chi connectivity index (χ2n) is 18.1. The van der Waals surface area contributed by atoms with Gasteiger partial charge >= 0.3 is 11.9 Å². The van der Waals surface area contributed by atoms with Crippen LogP contribution in [0.2, 0.25) is 0 Å². The first-order valence-corrected chi connectivity index (χ1v) is 25.4. The number of quaternary nitrogens is 1. The highest BCUT2D eigenvalue weighted by Gasteiger charge is 2.21. The van der Waals surface area contributed by atoms with Gasteiger partial charge in [0.05, 0.1) is 40.3 Å². The van der Waals surface area contributed by atoms with Crippen LogP contribution in [-0.4, -0.2) is 82.3 Å². The van der Waals surface area contributed by atoms with Crippen LogP contribution in [0.4, 0.5) is 0 Å². The minimum absolute atomic E-state index is 0.125. The van der Waals surface area contributed by atoms with E-state index in [-0.39, 0.29) is 38.6 Å². The average Bonchev–Trinajstić information content (AvgIpc) is 3.24. The van der Waals surface area contributed by atoms with Crippen LogP contribution in [0, 0.1) is 0 Å². The third kappa shape index (κ3) is 46.8. The first kappa shape index (κ1) is 60.0. The number of aliphatic carboxylic acids is 1. The molecule has 9 nitrogen and oxygen atoms in total. The maximum atomic E-state index is 12.7. The molecule has 2 atom stereocenters. The van der Waals surface area contributed by atoms with Gasteiger partial charge in [-0.25, -0.2) is 0 Å². The van der Waals surface area contributed by atoms with Gasteiger partial charge in [0, 0.05) is 12.8 Å². The van der Waals surface area contributed by atoms with E-state index in [1.807, 2.05) is 33.3 Å². The molecule has 0 rings (SSSR count). The fraction of sp³-hybridized carbons (Fsp3) is 0.759. The number of carbonyl (C=O) groups is 3. The molecule has 63 heavy (non-hydrogen) atoms. The third-order valence-corrected chi connectivity index (χ3v) is 10.8. The topological polar surface area (TPSA) is 111 Å². The van der Waals surface area contributed by atoms with E-state index >= 15 is 0 Å². The number of ether oxygens (including phenoxy) is 4. The molecule has 0 saturated carbocycles.